The van der Waals surface area contributed by atoms with E-state index in [1.165, 1.54) is 0 Å². The third-order valence-corrected chi connectivity index (χ3v) is 5.01. The van der Waals surface area contributed by atoms with Crippen LogP contribution in [-0.4, -0.2) is 11.9 Å². The summed E-state index contributed by atoms with van der Waals surface area (Å²) in [5.41, 5.74) is 3.07. The Morgan fingerprint density at radius 1 is 0.900 bits per heavy atom. The van der Waals surface area contributed by atoms with Crippen molar-refractivity contribution in [3.05, 3.63) is 77.3 Å². The molecule has 0 unspecified atom stereocenters. The van der Waals surface area contributed by atoms with E-state index in [9.17, 15) is 9.59 Å². The van der Waals surface area contributed by atoms with Gasteiger partial charge in [0.25, 0.3) is 0 Å². The average molecular weight is 422 g/mol. The smallest absolute Gasteiger partial charge is 0.306 e. The van der Waals surface area contributed by atoms with Crippen LogP contribution in [0.25, 0.3) is 21.9 Å². The molecule has 30 heavy (non-hydrogen) atoms. The van der Waals surface area contributed by atoms with Crippen LogP contribution in [-0.2, 0) is 20.9 Å². The lowest BCUT2D eigenvalue weighted by atomic mass is 10.1. The molecule has 152 valence electrons. The van der Waals surface area contributed by atoms with Gasteiger partial charge in [0.05, 0.1) is 0 Å². The van der Waals surface area contributed by atoms with E-state index in [2.05, 4.69) is 5.32 Å². The van der Waals surface area contributed by atoms with Gasteiger partial charge in [-0.3, -0.25) is 9.59 Å². The molecule has 0 aliphatic carbocycles. The van der Waals surface area contributed by atoms with E-state index in [1.807, 2.05) is 54.6 Å². The molecule has 1 N–H and O–H groups in total. The van der Waals surface area contributed by atoms with Gasteiger partial charge in [0, 0.05) is 40.4 Å². The Kier molecular flexibility index (Phi) is 6.00. The van der Waals surface area contributed by atoms with E-state index in [0.717, 1.165) is 27.5 Å². The molecule has 6 heteroatoms. The van der Waals surface area contributed by atoms with Crippen molar-refractivity contribution >= 4 is 51.1 Å². The molecule has 5 nitrogen and oxygen atoms in total. The maximum Gasteiger partial charge on any atom is 0.306 e. The Bertz CT molecular complexity index is 1200. The Morgan fingerprint density at radius 2 is 1.67 bits per heavy atom. The molecule has 4 rings (SSSR count). The molecular formula is C24H20ClNO4. The summed E-state index contributed by atoms with van der Waals surface area (Å²) in [6.45, 7) is 0.194. The second-order valence-corrected chi connectivity index (χ2v) is 7.43. The van der Waals surface area contributed by atoms with E-state index >= 15 is 0 Å². The number of anilines is 1. The summed E-state index contributed by atoms with van der Waals surface area (Å²) in [5, 5.41) is 5.54. The number of esters is 1. The lowest BCUT2D eigenvalue weighted by Crippen LogP contribution is -2.12. The van der Waals surface area contributed by atoms with Crippen molar-refractivity contribution in [1.82, 2.24) is 0 Å². The van der Waals surface area contributed by atoms with Gasteiger partial charge < -0.3 is 14.5 Å². The van der Waals surface area contributed by atoms with Crippen LogP contribution < -0.4 is 5.32 Å². The number of amides is 1. The monoisotopic (exact) mass is 421 g/mol. The van der Waals surface area contributed by atoms with Gasteiger partial charge >= 0.3 is 5.97 Å². The Morgan fingerprint density at radius 3 is 2.50 bits per heavy atom. The summed E-state index contributed by atoms with van der Waals surface area (Å²) in [7, 11) is 0. The number of halogens is 1. The Hall–Kier alpha value is -3.31. The summed E-state index contributed by atoms with van der Waals surface area (Å²) in [6.07, 6.45) is 0.829. The lowest BCUT2D eigenvalue weighted by Gasteiger charge is -2.06. The molecule has 4 aromatic rings. The molecule has 0 fully saturated rings. The van der Waals surface area contributed by atoms with Crippen molar-refractivity contribution in [3.63, 3.8) is 0 Å². The second kappa shape index (κ2) is 9.01. The third-order valence-electron chi connectivity index (χ3n) is 4.76. The van der Waals surface area contributed by atoms with E-state index < -0.39 is 0 Å². The Labute approximate surface area is 178 Å². The van der Waals surface area contributed by atoms with E-state index in [0.29, 0.717) is 17.1 Å². The summed E-state index contributed by atoms with van der Waals surface area (Å²) >= 11 is 5.83. The maximum absolute atomic E-state index is 12.2. The number of carbonyl (C=O) groups excluding carboxylic acids is 2. The highest BCUT2D eigenvalue weighted by atomic mass is 35.5. The standard InChI is InChI=1S/C24H20ClNO4/c25-17-10-8-16(9-11-17)15-29-24(28)7-3-6-23(27)26-18-12-13-20-19-4-1-2-5-21(19)30-22(20)14-18/h1-2,4-5,8-14H,3,6-7,15H2,(H,26,27). The molecule has 1 aromatic heterocycles. The van der Waals surface area contributed by atoms with Crippen LogP contribution in [0.3, 0.4) is 0 Å². The number of hydrogen-bond donors (Lipinski definition) is 1. The van der Waals surface area contributed by atoms with Crippen LogP contribution in [0.5, 0.6) is 0 Å². The number of benzene rings is 3. The van der Waals surface area contributed by atoms with Gasteiger partial charge in [-0.25, -0.2) is 0 Å². The van der Waals surface area contributed by atoms with Crippen molar-refractivity contribution < 1.29 is 18.7 Å². The van der Waals surface area contributed by atoms with Gasteiger partial charge in [0.1, 0.15) is 17.8 Å². The van der Waals surface area contributed by atoms with Crippen molar-refractivity contribution in [2.45, 2.75) is 25.9 Å². The van der Waals surface area contributed by atoms with E-state index in [4.69, 9.17) is 20.8 Å². The molecule has 0 aliphatic heterocycles. The number of nitrogens with one attached hydrogen (secondary N) is 1. The first-order chi connectivity index (χ1) is 14.6. The van der Waals surface area contributed by atoms with Gasteiger partial charge in [0.2, 0.25) is 5.91 Å². The number of fused-ring (bicyclic) bond motifs is 3. The SMILES string of the molecule is O=C(CCCC(=O)OCc1ccc(Cl)cc1)Nc1ccc2c(c1)oc1ccccc12. The minimum atomic E-state index is -0.332. The molecule has 0 aliphatic rings. The third kappa shape index (κ3) is 4.81. The summed E-state index contributed by atoms with van der Waals surface area (Å²) in [4.78, 5) is 24.1. The van der Waals surface area contributed by atoms with Gasteiger partial charge in [-0.15, -0.1) is 0 Å². The first kappa shape index (κ1) is 20.0. The molecule has 1 heterocycles. The summed E-state index contributed by atoms with van der Waals surface area (Å²) < 4.78 is 11.1. The van der Waals surface area contributed by atoms with Crippen LogP contribution >= 0.6 is 11.6 Å². The minimum absolute atomic E-state index is 0.157. The van der Waals surface area contributed by atoms with E-state index in [-0.39, 0.29) is 31.3 Å². The molecule has 0 radical (unpaired) electrons. The van der Waals surface area contributed by atoms with Crippen molar-refractivity contribution in [2.75, 3.05) is 5.32 Å². The van der Waals surface area contributed by atoms with Crippen molar-refractivity contribution in [3.8, 4) is 0 Å². The summed E-state index contributed by atoms with van der Waals surface area (Å²) in [5.74, 6) is -0.489. The predicted molar refractivity (Wildman–Crippen MR) is 117 cm³/mol. The van der Waals surface area contributed by atoms with E-state index in [1.54, 1.807) is 12.1 Å². The summed E-state index contributed by atoms with van der Waals surface area (Å²) in [6, 6.07) is 20.5. The molecule has 1 amide bonds. The maximum atomic E-state index is 12.2. The highest BCUT2D eigenvalue weighted by Gasteiger charge is 2.10. The second-order valence-electron chi connectivity index (χ2n) is 7.00. The lowest BCUT2D eigenvalue weighted by molar-refractivity contribution is -0.145. The highest BCUT2D eigenvalue weighted by Crippen LogP contribution is 2.30. The zero-order valence-electron chi connectivity index (χ0n) is 16.2. The molecule has 3 aromatic carbocycles. The molecule has 0 atom stereocenters. The average Bonchev–Trinajstić information content (AvgIpc) is 3.11. The Balaban J connectivity index is 1.25. The fourth-order valence-corrected chi connectivity index (χ4v) is 3.36. The first-order valence-electron chi connectivity index (χ1n) is 9.70. The molecular weight excluding hydrogens is 402 g/mol. The number of hydrogen-bond acceptors (Lipinski definition) is 4. The number of para-hydroxylation sites is 1. The van der Waals surface area contributed by atoms with Crippen LogP contribution in [0.1, 0.15) is 24.8 Å². The predicted octanol–water partition coefficient (Wildman–Crippen LogP) is 6.09. The number of rotatable bonds is 7. The molecule has 0 bridgehead atoms. The quantitative estimate of drug-likeness (QED) is 0.366. The zero-order chi connectivity index (χ0) is 20.9. The van der Waals surface area contributed by atoms with Gasteiger partial charge in [-0.1, -0.05) is 41.9 Å². The molecule has 0 spiro atoms. The minimum Gasteiger partial charge on any atom is -0.461 e. The van der Waals surface area contributed by atoms with Crippen molar-refractivity contribution in [2.24, 2.45) is 0 Å². The van der Waals surface area contributed by atoms with Gasteiger partial charge in [0.15, 0.2) is 0 Å². The first-order valence-corrected chi connectivity index (χ1v) is 10.1. The molecule has 0 saturated heterocycles. The van der Waals surface area contributed by atoms with Gasteiger partial charge in [-0.05, 0) is 42.3 Å². The number of ether oxygens (including phenoxy) is 1. The highest BCUT2D eigenvalue weighted by molar-refractivity contribution is 6.30. The van der Waals surface area contributed by atoms with Crippen LogP contribution in [0.2, 0.25) is 5.02 Å². The fraction of sp³-hybridized carbons (Fsp3) is 0.167. The van der Waals surface area contributed by atoms with Crippen LogP contribution in [0.15, 0.2) is 71.1 Å². The number of furan rings is 1. The molecule has 0 saturated carbocycles. The normalized spacial score (nSPS) is 11.0. The topological polar surface area (TPSA) is 68.5 Å². The van der Waals surface area contributed by atoms with Crippen LogP contribution in [0, 0.1) is 0 Å². The fourth-order valence-electron chi connectivity index (χ4n) is 3.24. The van der Waals surface area contributed by atoms with Crippen molar-refractivity contribution in [1.29, 1.82) is 0 Å². The zero-order valence-corrected chi connectivity index (χ0v) is 16.9. The largest absolute Gasteiger partial charge is 0.461 e. The van der Waals surface area contributed by atoms with Gasteiger partial charge in [-0.2, -0.15) is 0 Å². The van der Waals surface area contributed by atoms with Crippen LogP contribution in [0.4, 0.5) is 5.69 Å². The number of carbonyl (C=O) groups is 2.